The minimum atomic E-state index is -0.369. The Morgan fingerprint density at radius 2 is 2.16 bits per heavy atom. The lowest BCUT2D eigenvalue weighted by Gasteiger charge is -2.08. The van der Waals surface area contributed by atoms with Crippen molar-refractivity contribution >= 4 is 44.3 Å². The molecule has 1 aromatic carbocycles. The van der Waals surface area contributed by atoms with Crippen molar-refractivity contribution < 1.29 is 9.13 Å². The highest BCUT2D eigenvalue weighted by atomic mass is 127. The fraction of sp³-hybridized carbons (Fsp3) is 0.167. The van der Waals surface area contributed by atoms with E-state index in [-0.39, 0.29) is 5.82 Å². The molecule has 2 aromatic rings. The molecule has 2 N–H and O–H groups in total. The van der Waals surface area contributed by atoms with E-state index in [0.29, 0.717) is 34.0 Å². The van der Waals surface area contributed by atoms with E-state index >= 15 is 0 Å². The van der Waals surface area contributed by atoms with Crippen LogP contribution in [-0.2, 0) is 11.3 Å². The zero-order valence-corrected chi connectivity index (χ0v) is 13.7. The Kier molecular flexibility index (Phi) is 4.69. The summed E-state index contributed by atoms with van der Waals surface area (Å²) in [6, 6.07) is 4.70. The van der Waals surface area contributed by atoms with E-state index in [2.05, 4.69) is 48.5 Å². The summed E-state index contributed by atoms with van der Waals surface area (Å²) in [6.45, 7) is 0.330. The summed E-state index contributed by atoms with van der Waals surface area (Å²) in [6.07, 6.45) is 0. The van der Waals surface area contributed by atoms with Crippen LogP contribution in [0.3, 0.4) is 0 Å². The van der Waals surface area contributed by atoms with Crippen LogP contribution in [0, 0.1) is 9.39 Å². The summed E-state index contributed by atoms with van der Waals surface area (Å²) in [7, 11) is 1.58. The first-order valence-corrected chi connectivity index (χ1v) is 7.16. The van der Waals surface area contributed by atoms with Gasteiger partial charge in [-0.2, -0.15) is 0 Å². The van der Waals surface area contributed by atoms with Gasteiger partial charge >= 0.3 is 0 Å². The molecule has 0 radical (unpaired) electrons. The third kappa shape index (κ3) is 3.21. The summed E-state index contributed by atoms with van der Waals surface area (Å²) in [5.41, 5.74) is 7.10. The van der Waals surface area contributed by atoms with Gasteiger partial charge < -0.3 is 10.5 Å². The Labute approximate surface area is 131 Å². The molecule has 4 nitrogen and oxygen atoms in total. The molecule has 7 heteroatoms. The number of benzene rings is 1. The third-order valence-corrected chi connectivity index (χ3v) is 4.22. The standard InChI is InChI=1S/C12H10BrFIN3O/c1-19-5-9-10(15)11(16)18-12(17-9)6-2-3-7(13)8(14)4-6/h2-4H,5H2,1H3,(H2,16,17,18). The number of hydrogen-bond donors (Lipinski definition) is 1. The third-order valence-electron chi connectivity index (χ3n) is 2.40. The first-order chi connectivity index (χ1) is 9.02. The van der Waals surface area contributed by atoms with Gasteiger partial charge in [0.15, 0.2) is 5.82 Å². The second kappa shape index (κ2) is 6.10. The average molecular weight is 438 g/mol. The van der Waals surface area contributed by atoms with Crippen molar-refractivity contribution in [1.82, 2.24) is 9.97 Å². The highest BCUT2D eigenvalue weighted by Gasteiger charge is 2.12. The lowest BCUT2D eigenvalue weighted by atomic mass is 10.2. The molecule has 1 aromatic heterocycles. The zero-order chi connectivity index (χ0) is 14.0. The molecule has 19 heavy (non-hydrogen) atoms. The van der Waals surface area contributed by atoms with Crippen molar-refractivity contribution in [3.63, 3.8) is 0 Å². The minimum absolute atomic E-state index is 0.330. The zero-order valence-electron chi connectivity index (χ0n) is 9.95. The van der Waals surface area contributed by atoms with Gasteiger partial charge in [0.1, 0.15) is 11.6 Å². The van der Waals surface area contributed by atoms with Gasteiger partial charge in [-0.15, -0.1) is 0 Å². The maximum absolute atomic E-state index is 13.5. The molecular weight excluding hydrogens is 428 g/mol. The number of methoxy groups -OCH3 is 1. The van der Waals surface area contributed by atoms with Gasteiger partial charge in [-0.05, 0) is 56.7 Å². The second-order valence-corrected chi connectivity index (χ2v) is 5.69. The Morgan fingerprint density at radius 3 is 2.79 bits per heavy atom. The van der Waals surface area contributed by atoms with Crippen LogP contribution >= 0.6 is 38.5 Å². The molecule has 0 fully saturated rings. The van der Waals surface area contributed by atoms with Crippen molar-refractivity contribution in [2.45, 2.75) is 6.61 Å². The molecule has 0 atom stereocenters. The summed E-state index contributed by atoms with van der Waals surface area (Å²) >= 11 is 5.17. The fourth-order valence-corrected chi connectivity index (χ4v) is 2.15. The summed E-state index contributed by atoms with van der Waals surface area (Å²) in [4.78, 5) is 8.54. The molecule has 0 bridgehead atoms. The predicted octanol–water partition coefficient (Wildman–Crippen LogP) is 3.38. The van der Waals surface area contributed by atoms with Gasteiger partial charge in [-0.1, -0.05) is 0 Å². The number of halogens is 3. The topological polar surface area (TPSA) is 61.0 Å². The molecule has 100 valence electrons. The Balaban J connectivity index is 2.52. The van der Waals surface area contributed by atoms with E-state index in [1.807, 2.05) is 0 Å². The van der Waals surface area contributed by atoms with Gasteiger partial charge in [0.25, 0.3) is 0 Å². The SMILES string of the molecule is COCc1nc(-c2ccc(Br)c(F)c2)nc(N)c1I. The number of rotatable bonds is 3. The molecule has 0 aliphatic heterocycles. The van der Waals surface area contributed by atoms with Crippen molar-refractivity contribution in [3.05, 3.63) is 37.8 Å². The quantitative estimate of drug-likeness (QED) is 0.748. The molecule has 1 heterocycles. The maximum Gasteiger partial charge on any atom is 0.162 e. The second-order valence-electron chi connectivity index (χ2n) is 3.76. The van der Waals surface area contributed by atoms with E-state index in [9.17, 15) is 4.39 Å². The first kappa shape index (κ1) is 14.6. The van der Waals surface area contributed by atoms with E-state index in [4.69, 9.17) is 10.5 Å². The van der Waals surface area contributed by atoms with Gasteiger partial charge in [-0.25, -0.2) is 14.4 Å². The van der Waals surface area contributed by atoms with E-state index < -0.39 is 0 Å². The van der Waals surface area contributed by atoms with E-state index in [1.165, 1.54) is 6.07 Å². The summed E-state index contributed by atoms with van der Waals surface area (Å²) < 4.78 is 19.7. The van der Waals surface area contributed by atoms with Crippen LogP contribution in [0.4, 0.5) is 10.2 Å². The lowest BCUT2D eigenvalue weighted by Crippen LogP contribution is -2.06. The molecule has 0 spiro atoms. The molecule has 0 saturated carbocycles. The van der Waals surface area contributed by atoms with Gasteiger partial charge in [0.05, 0.1) is 20.3 Å². The van der Waals surface area contributed by atoms with Gasteiger partial charge in [0.2, 0.25) is 0 Å². The first-order valence-electron chi connectivity index (χ1n) is 5.29. The van der Waals surface area contributed by atoms with Gasteiger partial charge in [0, 0.05) is 12.7 Å². The Hall–Kier alpha value is -0.800. The van der Waals surface area contributed by atoms with Crippen LogP contribution in [0.1, 0.15) is 5.69 Å². The van der Waals surface area contributed by atoms with Crippen molar-refractivity contribution in [2.75, 3.05) is 12.8 Å². The Bertz CT molecular complexity index is 624. The smallest absolute Gasteiger partial charge is 0.162 e. The number of hydrogen-bond acceptors (Lipinski definition) is 4. The fourth-order valence-electron chi connectivity index (χ4n) is 1.51. The number of nitrogens with two attached hydrogens (primary N) is 1. The van der Waals surface area contributed by atoms with Crippen LogP contribution in [0.15, 0.2) is 22.7 Å². The average Bonchev–Trinajstić information content (AvgIpc) is 2.38. The van der Waals surface area contributed by atoms with E-state index in [1.54, 1.807) is 19.2 Å². The highest BCUT2D eigenvalue weighted by molar-refractivity contribution is 14.1. The molecule has 0 saturated heterocycles. The van der Waals surface area contributed by atoms with Crippen LogP contribution in [-0.4, -0.2) is 17.1 Å². The molecule has 2 rings (SSSR count). The monoisotopic (exact) mass is 437 g/mol. The van der Waals surface area contributed by atoms with Crippen molar-refractivity contribution in [3.8, 4) is 11.4 Å². The maximum atomic E-state index is 13.5. The highest BCUT2D eigenvalue weighted by Crippen LogP contribution is 2.25. The molecule has 0 unspecified atom stereocenters. The predicted molar refractivity (Wildman–Crippen MR) is 83.0 cm³/mol. The van der Waals surface area contributed by atoms with E-state index in [0.717, 1.165) is 3.57 Å². The molecule has 0 aliphatic carbocycles. The number of aromatic nitrogens is 2. The van der Waals surface area contributed by atoms with Gasteiger partial charge in [-0.3, -0.25) is 0 Å². The normalized spacial score (nSPS) is 10.7. The van der Waals surface area contributed by atoms with Crippen molar-refractivity contribution in [1.29, 1.82) is 0 Å². The lowest BCUT2D eigenvalue weighted by molar-refractivity contribution is 0.181. The summed E-state index contributed by atoms with van der Waals surface area (Å²) in [5, 5.41) is 0. The van der Waals surface area contributed by atoms with Crippen LogP contribution in [0.2, 0.25) is 0 Å². The van der Waals surface area contributed by atoms with Crippen LogP contribution < -0.4 is 5.73 Å². The number of nitrogen functional groups attached to an aromatic ring is 1. The number of ether oxygens (including phenoxy) is 1. The molecule has 0 amide bonds. The minimum Gasteiger partial charge on any atom is -0.383 e. The molecular formula is C12H10BrFIN3O. The number of anilines is 1. The summed E-state index contributed by atoms with van der Waals surface area (Å²) in [5.74, 6) is 0.379. The molecule has 0 aliphatic rings. The van der Waals surface area contributed by atoms with Crippen molar-refractivity contribution in [2.24, 2.45) is 0 Å². The van der Waals surface area contributed by atoms with Crippen LogP contribution in [0.5, 0.6) is 0 Å². The number of nitrogens with zero attached hydrogens (tertiary/aromatic N) is 2. The Morgan fingerprint density at radius 1 is 1.42 bits per heavy atom. The largest absolute Gasteiger partial charge is 0.383 e. The van der Waals surface area contributed by atoms with Crippen LogP contribution in [0.25, 0.3) is 11.4 Å².